The Morgan fingerprint density at radius 3 is 2.67 bits per heavy atom. The summed E-state index contributed by atoms with van der Waals surface area (Å²) in [6.45, 7) is 4.34. The first-order chi connectivity index (χ1) is 17.5. The molecule has 0 atom stereocenters. The Bertz CT molecular complexity index is 1380. The third-order valence-electron chi connectivity index (χ3n) is 6.55. The molecular weight excluding hydrogens is 462 g/mol. The van der Waals surface area contributed by atoms with E-state index in [0.717, 1.165) is 54.5 Å². The van der Waals surface area contributed by atoms with Gasteiger partial charge in [0, 0.05) is 38.1 Å². The molecule has 0 aliphatic carbocycles. The van der Waals surface area contributed by atoms with E-state index in [1.165, 1.54) is 6.07 Å². The lowest BCUT2D eigenvalue weighted by Gasteiger charge is -2.32. The fourth-order valence-corrected chi connectivity index (χ4v) is 4.60. The summed E-state index contributed by atoms with van der Waals surface area (Å²) < 4.78 is 34.6. The van der Waals surface area contributed by atoms with Gasteiger partial charge < -0.3 is 14.5 Å². The molecule has 1 saturated heterocycles. The van der Waals surface area contributed by atoms with Crippen LogP contribution in [0.1, 0.15) is 40.0 Å². The lowest BCUT2D eigenvalue weighted by atomic mass is 10.0. The van der Waals surface area contributed by atoms with Gasteiger partial charge in [-0.1, -0.05) is 24.3 Å². The molecule has 2 aromatic heterocycles. The Balaban J connectivity index is 1.16. The van der Waals surface area contributed by atoms with Gasteiger partial charge in [-0.15, -0.1) is 0 Å². The Kier molecular flexibility index (Phi) is 6.95. The summed E-state index contributed by atoms with van der Waals surface area (Å²) in [5, 5.41) is 3.13. The molecule has 0 unspecified atom stereocenters. The van der Waals surface area contributed by atoms with E-state index in [-0.39, 0.29) is 18.6 Å². The number of hydrogen-bond acceptors (Lipinski definition) is 4. The standard InChI is InChI=1S/C28H28F2N4O2/c1-19-5-4-12-34-17-22(31-27(19)34)18-36-26-7-3-2-6-23(26)28(35)32-21-10-13-33(14-11-21)16-20-8-9-24(29)25(30)15-20/h2-9,12,15,17,21H,10-11,13-14,16,18H2,1H3,(H,32,35). The van der Waals surface area contributed by atoms with E-state index in [9.17, 15) is 13.6 Å². The maximum Gasteiger partial charge on any atom is 0.255 e. The predicted octanol–water partition coefficient (Wildman–Crippen LogP) is 4.89. The minimum absolute atomic E-state index is 0.0353. The van der Waals surface area contributed by atoms with Crippen molar-refractivity contribution in [2.75, 3.05) is 13.1 Å². The molecule has 1 aliphatic heterocycles. The molecule has 4 aromatic rings. The molecule has 8 heteroatoms. The van der Waals surface area contributed by atoms with Gasteiger partial charge >= 0.3 is 0 Å². The van der Waals surface area contributed by atoms with Crippen LogP contribution in [0.5, 0.6) is 5.75 Å². The van der Waals surface area contributed by atoms with Crippen molar-refractivity contribution in [2.45, 2.75) is 39.0 Å². The van der Waals surface area contributed by atoms with Crippen LogP contribution in [0.2, 0.25) is 0 Å². The number of carbonyl (C=O) groups excluding carboxylic acids is 1. The normalized spacial score (nSPS) is 14.8. The average molecular weight is 491 g/mol. The molecule has 1 N–H and O–H groups in total. The van der Waals surface area contributed by atoms with Gasteiger partial charge in [0.25, 0.3) is 5.91 Å². The number of aryl methyl sites for hydroxylation is 1. The highest BCUT2D eigenvalue weighted by Crippen LogP contribution is 2.22. The maximum atomic E-state index is 13.5. The highest BCUT2D eigenvalue weighted by atomic mass is 19.2. The second-order valence-electron chi connectivity index (χ2n) is 9.21. The molecule has 0 radical (unpaired) electrons. The van der Waals surface area contributed by atoms with E-state index in [1.54, 1.807) is 18.2 Å². The minimum Gasteiger partial charge on any atom is -0.486 e. The summed E-state index contributed by atoms with van der Waals surface area (Å²) in [6, 6.07) is 15.3. The van der Waals surface area contributed by atoms with Crippen molar-refractivity contribution in [3.63, 3.8) is 0 Å². The number of amides is 1. The Morgan fingerprint density at radius 1 is 1.08 bits per heavy atom. The van der Waals surface area contributed by atoms with Crippen molar-refractivity contribution in [3.05, 3.63) is 101 Å². The number of rotatable bonds is 7. The number of aromatic nitrogens is 2. The quantitative estimate of drug-likeness (QED) is 0.401. The Hall–Kier alpha value is -3.78. The van der Waals surface area contributed by atoms with Crippen molar-refractivity contribution in [2.24, 2.45) is 0 Å². The fourth-order valence-electron chi connectivity index (χ4n) is 4.60. The number of nitrogens with zero attached hydrogens (tertiary/aromatic N) is 3. The number of ether oxygens (including phenoxy) is 1. The SMILES string of the molecule is Cc1cccn2cc(COc3ccccc3C(=O)NC3CCN(Cc4ccc(F)c(F)c4)CC3)nc12. The fraction of sp³-hybridized carbons (Fsp3) is 0.286. The van der Waals surface area contributed by atoms with Gasteiger partial charge in [-0.2, -0.15) is 0 Å². The van der Waals surface area contributed by atoms with Gasteiger partial charge in [-0.3, -0.25) is 9.69 Å². The van der Waals surface area contributed by atoms with Crippen LogP contribution < -0.4 is 10.1 Å². The molecule has 6 nitrogen and oxygen atoms in total. The van der Waals surface area contributed by atoms with E-state index in [2.05, 4.69) is 15.2 Å². The van der Waals surface area contributed by atoms with E-state index in [1.807, 2.05) is 48.0 Å². The summed E-state index contributed by atoms with van der Waals surface area (Å²) >= 11 is 0. The molecule has 1 aliphatic rings. The second-order valence-corrected chi connectivity index (χ2v) is 9.21. The van der Waals surface area contributed by atoms with Gasteiger partial charge in [0.05, 0.1) is 11.3 Å². The summed E-state index contributed by atoms with van der Waals surface area (Å²) in [4.78, 5) is 19.9. The number of hydrogen-bond donors (Lipinski definition) is 1. The van der Waals surface area contributed by atoms with E-state index >= 15 is 0 Å². The number of benzene rings is 2. The zero-order valence-electron chi connectivity index (χ0n) is 20.1. The van der Waals surface area contributed by atoms with E-state index in [0.29, 0.717) is 17.9 Å². The molecule has 2 aromatic carbocycles. The summed E-state index contributed by atoms with van der Waals surface area (Å²) in [5.41, 5.74) is 3.98. The maximum absolute atomic E-state index is 13.5. The van der Waals surface area contributed by atoms with E-state index < -0.39 is 11.6 Å². The largest absolute Gasteiger partial charge is 0.486 e. The highest BCUT2D eigenvalue weighted by molar-refractivity contribution is 5.97. The zero-order chi connectivity index (χ0) is 25.1. The molecule has 5 rings (SSSR count). The lowest BCUT2D eigenvalue weighted by Crippen LogP contribution is -2.44. The first-order valence-electron chi connectivity index (χ1n) is 12.1. The van der Waals surface area contributed by atoms with E-state index in [4.69, 9.17) is 4.74 Å². The van der Waals surface area contributed by atoms with Gasteiger partial charge in [0.1, 0.15) is 18.0 Å². The number of nitrogens with one attached hydrogen (secondary N) is 1. The smallest absolute Gasteiger partial charge is 0.255 e. The molecule has 0 spiro atoms. The van der Waals surface area contributed by atoms with Crippen LogP contribution >= 0.6 is 0 Å². The number of fused-ring (bicyclic) bond motifs is 1. The number of para-hydroxylation sites is 1. The second kappa shape index (κ2) is 10.5. The topological polar surface area (TPSA) is 58.9 Å². The summed E-state index contributed by atoms with van der Waals surface area (Å²) in [6.07, 6.45) is 5.43. The first kappa shape index (κ1) is 23.9. The monoisotopic (exact) mass is 490 g/mol. The number of halogens is 2. The van der Waals surface area contributed by atoms with Gasteiger partial charge in [-0.05, 0) is 61.2 Å². The molecule has 3 heterocycles. The number of carbonyl (C=O) groups is 1. The third-order valence-corrected chi connectivity index (χ3v) is 6.55. The minimum atomic E-state index is -0.835. The van der Waals surface area contributed by atoms with Crippen LogP contribution in [0.25, 0.3) is 5.65 Å². The summed E-state index contributed by atoms with van der Waals surface area (Å²) in [7, 11) is 0. The van der Waals surface area contributed by atoms with Crippen molar-refractivity contribution in [3.8, 4) is 5.75 Å². The third kappa shape index (κ3) is 5.39. The predicted molar refractivity (Wildman–Crippen MR) is 133 cm³/mol. The molecular formula is C28H28F2N4O2. The molecule has 36 heavy (non-hydrogen) atoms. The van der Waals surface area contributed by atoms with Gasteiger partial charge in [-0.25, -0.2) is 13.8 Å². The summed E-state index contributed by atoms with van der Waals surface area (Å²) in [5.74, 6) is -1.32. The number of likely N-dealkylation sites (tertiary alicyclic amines) is 1. The zero-order valence-corrected chi connectivity index (χ0v) is 20.1. The van der Waals surface area contributed by atoms with Gasteiger partial charge in [0.15, 0.2) is 11.6 Å². The number of pyridine rings is 1. The highest BCUT2D eigenvalue weighted by Gasteiger charge is 2.23. The van der Waals surface area contributed by atoms with Crippen molar-refractivity contribution in [1.82, 2.24) is 19.6 Å². The first-order valence-corrected chi connectivity index (χ1v) is 12.1. The molecule has 1 amide bonds. The number of imidazole rings is 1. The molecule has 0 bridgehead atoms. The lowest BCUT2D eigenvalue weighted by molar-refractivity contribution is 0.0904. The van der Waals surface area contributed by atoms with Crippen LogP contribution in [0.15, 0.2) is 67.0 Å². The average Bonchev–Trinajstić information content (AvgIpc) is 3.31. The van der Waals surface area contributed by atoms with Crippen molar-refractivity contribution < 1.29 is 18.3 Å². The van der Waals surface area contributed by atoms with Crippen LogP contribution in [0.4, 0.5) is 8.78 Å². The van der Waals surface area contributed by atoms with Crippen LogP contribution in [0, 0.1) is 18.6 Å². The van der Waals surface area contributed by atoms with Crippen LogP contribution in [0.3, 0.4) is 0 Å². The van der Waals surface area contributed by atoms with Crippen LogP contribution in [-0.2, 0) is 13.2 Å². The Morgan fingerprint density at radius 2 is 1.89 bits per heavy atom. The van der Waals surface area contributed by atoms with Gasteiger partial charge in [0.2, 0.25) is 0 Å². The number of piperidine rings is 1. The van der Waals surface area contributed by atoms with Crippen molar-refractivity contribution >= 4 is 11.6 Å². The van der Waals surface area contributed by atoms with Crippen molar-refractivity contribution in [1.29, 1.82) is 0 Å². The Labute approximate surface area is 208 Å². The molecule has 186 valence electrons. The van der Waals surface area contributed by atoms with Crippen LogP contribution in [-0.4, -0.2) is 39.3 Å². The molecule has 0 saturated carbocycles. The molecule has 1 fully saturated rings.